The number of carbonyl (C=O) groups excluding carboxylic acids is 3. The van der Waals surface area contributed by atoms with Gasteiger partial charge in [-0.3, -0.25) is 14.4 Å². The van der Waals surface area contributed by atoms with Gasteiger partial charge in [-0.05, 0) is 48.6 Å². The van der Waals surface area contributed by atoms with Gasteiger partial charge in [0.2, 0.25) is 17.8 Å². The number of para-hydroxylation sites is 1. The maximum Gasteiger partial charge on any atom is 0.253 e. The van der Waals surface area contributed by atoms with Gasteiger partial charge in [0.05, 0.1) is 17.4 Å². The van der Waals surface area contributed by atoms with Gasteiger partial charge >= 0.3 is 0 Å². The number of amides is 3. The Morgan fingerprint density at radius 2 is 2.00 bits per heavy atom. The van der Waals surface area contributed by atoms with Gasteiger partial charge in [-0.15, -0.1) is 0 Å². The minimum atomic E-state index is -0.670. The molecule has 1 atom stereocenters. The highest BCUT2D eigenvalue weighted by atomic mass is 35.5. The van der Waals surface area contributed by atoms with E-state index in [0.29, 0.717) is 24.3 Å². The summed E-state index contributed by atoms with van der Waals surface area (Å²) >= 11 is 6.36. The van der Waals surface area contributed by atoms with Gasteiger partial charge < -0.3 is 26.2 Å². The van der Waals surface area contributed by atoms with E-state index in [1.807, 2.05) is 39.0 Å². The average molecular weight is 568 g/mol. The lowest BCUT2D eigenvalue weighted by molar-refractivity contribution is -0.125. The lowest BCUT2D eigenvalue weighted by Crippen LogP contribution is -2.44. The summed E-state index contributed by atoms with van der Waals surface area (Å²) in [5.41, 5.74) is 1.85. The standard InChI is InChI=1S/C28H31ClFN7O3/c1-6-37(16-10-11-18-21(12-16)34-26(40)22(33-15(2)38)13-28(18,3)4)27-32-14-19(29)24(36-27)35-23-17(25(39)31-5)8-7-9-20(23)30/h7-12,14,22H,6,13H2,1-5H3,(H,31,39)(H,33,38)(H,34,40)(H,32,35,36). The molecule has 1 aliphatic heterocycles. The summed E-state index contributed by atoms with van der Waals surface area (Å²) in [4.78, 5) is 47.7. The van der Waals surface area contributed by atoms with Crippen molar-refractivity contribution in [1.82, 2.24) is 20.6 Å². The molecule has 0 spiro atoms. The predicted octanol–water partition coefficient (Wildman–Crippen LogP) is 4.65. The molecule has 40 heavy (non-hydrogen) atoms. The normalized spacial score (nSPS) is 15.8. The fraction of sp³-hybridized carbons (Fsp3) is 0.321. The first-order valence-corrected chi connectivity index (χ1v) is 13.1. The second-order valence-electron chi connectivity index (χ2n) is 10.0. The van der Waals surface area contributed by atoms with Crippen LogP contribution in [-0.4, -0.2) is 47.3 Å². The van der Waals surface area contributed by atoms with E-state index in [1.54, 1.807) is 4.90 Å². The topological polar surface area (TPSA) is 128 Å². The quantitative estimate of drug-likeness (QED) is 0.327. The molecule has 2 aromatic carbocycles. The molecular formula is C28H31ClFN7O3. The van der Waals surface area contributed by atoms with Crippen molar-refractivity contribution in [3.8, 4) is 0 Å². The third-order valence-corrected chi connectivity index (χ3v) is 7.00. The number of fused-ring (bicyclic) bond motifs is 1. The molecule has 10 nitrogen and oxygen atoms in total. The molecule has 1 unspecified atom stereocenters. The van der Waals surface area contributed by atoms with Crippen LogP contribution in [0.15, 0.2) is 42.6 Å². The summed E-state index contributed by atoms with van der Waals surface area (Å²) in [7, 11) is 1.45. The smallest absolute Gasteiger partial charge is 0.253 e. The van der Waals surface area contributed by atoms with Crippen LogP contribution in [0, 0.1) is 5.82 Å². The number of benzene rings is 2. The maximum absolute atomic E-state index is 14.7. The van der Waals surface area contributed by atoms with Gasteiger partial charge in [-0.1, -0.05) is 37.6 Å². The van der Waals surface area contributed by atoms with Gasteiger partial charge in [0.25, 0.3) is 5.91 Å². The number of nitrogens with zero attached hydrogens (tertiary/aromatic N) is 3. The van der Waals surface area contributed by atoms with Crippen molar-refractivity contribution in [3.05, 3.63) is 64.6 Å². The van der Waals surface area contributed by atoms with Crippen molar-refractivity contribution < 1.29 is 18.8 Å². The van der Waals surface area contributed by atoms with E-state index in [9.17, 15) is 18.8 Å². The minimum absolute atomic E-state index is 0.0693. The monoisotopic (exact) mass is 567 g/mol. The average Bonchev–Trinajstić information content (AvgIpc) is 2.99. The molecule has 0 aliphatic carbocycles. The third-order valence-electron chi connectivity index (χ3n) is 6.73. The molecule has 210 valence electrons. The van der Waals surface area contributed by atoms with E-state index < -0.39 is 23.2 Å². The van der Waals surface area contributed by atoms with E-state index in [-0.39, 0.29) is 39.9 Å². The lowest BCUT2D eigenvalue weighted by atomic mass is 9.79. The molecule has 3 aromatic rings. The first kappa shape index (κ1) is 28.8. The second kappa shape index (κ2) is 11.5. The highest BCUT2D eigenvalue weighted by molar-refractivity contribution is 6.33. The fourth-order valence-electron chi connectivity index (χ4n) is 4.80. The lowest BCUT2D eigenvalue weighted by Gasteiger charge is -2.28. The largest absolute Gasteiger partial charge is 0.355 e. The van der Waals surface area contributed by atoms with Crippen LogP contribution < -0.4 is 26.2 Å². The third kappa shape index (κ3) is 5.84. The summed E-state index contributed by atoms with van der Waals surface area (Å²) in [6.45, 7) is 7.79. The predicted molar refractivity (Wildman–Crippen MR) is 153 cm³/mol. The SMILES string of the molecule is CCN(c1ccc2c(c1)NC(=O)C(NC(C)=O)CC2(C)C)c1ncc(Cl)c(Nc2c(F)cccc2C(=O)NC)n1. The van der Waals surface area contributed by atoms with Gasteiger partial charge in [-0.2, -0.15) is 4.98 Å². The fourth-order valence-corrected chi connectivity index (χ4v) is 4.94. The number of halogens is 2. The van der Waals surface area contributed by atoms with Crippen LogP contribution in [0.1, 0.15) is 50.0 Å². The van der Waals surface area contributed by atoms with Crippen molar-refractivity contribution in [2.75, 3.05) is 29.1 Å². The Kier molecular flexibility index (Phi) is 8.24. The second-order valence-corrected chi connectivity index (χ2v) is 10.4. The van der Waals surface area contributed by atoms with E-state index in [4.69, 9.17) is 11.6 Å². The molecule has 4 N–H and O–H groups in total. The van der Waals surface area contributed by atoms with Crippen molar-refractivity contribution in [3.63, 3.8) is 0 Å². The maximum atomic E-state index is 14.7. The number of anilines is 5. The molecule has 12 heteroatoms. The number of carbonyl (C=O) groups is 3. The van der Waals surface area contributed by atoms with Crippen LogP contribution in [0.3, 0.4) is 0 Å². The summed E-state index contributed by atoms with van der Waals surface area (Å²) in [5.74, 6) is -1.31. The number of hydrogen-bond donors (Lipinski definition) is 4. The van der Waals surface area contributed by atoms with Crippen molar-refractivity contribution in [2.24, 2.45) is 0 Å². The van der Waals surface area contributed by atoms with Crippen LogP contribution in [0.2, 0.25) is 5.02 Å². The Morgan fingerprint density at radius 3 is 2.67 bits per heavy atom. The van der Waals surface area contributed by atoms with Gasteiger partial charge in [0.1, 0.15) is 16.9 Å². The van der Waals surface area contributed by atoms with E-state index in [0.717, 1.165) is 5.56 Å². The van der Waals surface area contributed by atoms with Crippen LogP contribution in [0.4, 0.5) is 33.2 Å². The molecule has 0 radical (unpaired) electrons. The summed E-state index contributed by atoms with van der Waals surface area (Å²) in [6, 6.07) is 9.16. The van der Waals surface area contributed by atoms with Crippen molar-refractivity contribution in [2.45, 2.75) is 45.6 Å². The Bertz CT molecular complexity index is 1480. The zero-order valence-corrected chi connectivity index (χ0v) is 23.6. The molecule has 1 aliphatic rings. The number of rotatable bonds is 7. The van der Waals surface area contributed by atoms with Crippen molar-refractivity contribution >= 4 is 58.2 Å². The van der Waals surface area contributed by atoms with Crippen LogP contribution in [0.25, 0.3) is 0 Å². The zero-order chi connectivity index (χ0) is 29.2. The molecule has 0 fully saturated rings. The summed E-state index contributed by atoms with van der Waals surface area (Å²) < 4.78 is 14.7. The minimum Gasteiger partial charge on any atom is -0.355 e. The molecule has 1 aromatic heterocycles. The molecule has 0 saturated heterocycles. The zero-order valence-electron chi connectivity index (χ0n) is 22.9. The Labute approximate surface area is 236 Å². The van der Waals surface area contributed by atoms with Crippen LogP contribution in [0.5, 0.6) is 0 Å². The van der Waals surface area contributed by atoms with Gasteiger partial charge in [0.15, 0.2) is 5.82 Å². The van der Waals surface area contributed by atoms with Crippen LogP contribution >= 0.6 is 11.6 Å². The Morgan fingerprint density at radius 1 is 1.25 bits per heavy atom. The number of nitrogens with one attached hydrogen (secondary N) is 4. The Balaban J connectivity index is 1.70. The molecule has 3 amide bonds. The Hall–Kier alpha value is -4.25. The molecular weight excluding hydrogens is 537 g/mol. The number of aromatic nitrogens is 2. The highest BCUT2D eigenvalue weighted by Crippen LogP contribution is 2.40. The summed E-state index contributed by atoms with van der Waals surface area (Å²) in [5, 5.41) is 11.2. The van der Waals surface area contributed by atoms with Crippen molar-refractivity contribution in [1.29, 1.82) is 0 Å². The summed E-state index contributed by atoms with van der Waals surface area (Å²) in [6.07, 6.45) is 1.83. The highest BCUT2D eigenvalue weighted by Gasteiger charge is 2.36. The molecule has 4 rings (SSSR count). The van der Waals surface area contributed by atoms with E-state index in [2.05, 4.69) is 31.2 Å². The van der Waals surface area contributed by atoms with E-state index >= 15 is 0 Å². The first-order valence-electron chi connectivity index (χ1n) is 12.7. The first-order chi connectivity index (χ1) is 18.9. The van der Waals surface area contributed by atoms with Gasteiger partial charge in [0, 0.05) is 31.9 Å². The molecule has 0 saturated carbocycles. The number of hydrogen-bond acceptors (Lipinski definition) is 7. The molecule has 0 bridgehead atoms. The van der Waals surface area contributed by atoms with Crippen LogP contribution in [-0.2, 0) is 15.0 Å². The molecule has 2 heterocycles. The van der Waals surface area contributed by atoms with E-state index in [1.165, 1.54) is 38.4 Å². The van der Waals surface area contributed by atoms with Gasteiger partial charge in [-0.25, -0.2) is 9.37 Å².